The number of ether oxygens (including phenoxy) is 2. The predicted octanol–water partition coefficient (Wildman–Crippen LogP) is 3.62. The van der Waals surface area contributed by atoms with Crippen LogP contribution >= 0.6 is 22.6 Å². The lowest BCUT2D eigenvalue weighted by Gasteiger charge is -2.08. The van der Waals surface area contributed by atoms with Crippen molar-refractivity contribution in [1.82, 2.24) is 0 Å². The molecule has 0 radical (unpaired) electrons. The molecule has 0 aromatic heterocycles. The van der Waals surface area contributed by atoms with Crippen LogP contribution in [0.5, 0.6) is 5.75 Å². The number of esters is 1. The second-order valence-electron chi connectivity index (χ2n) is 4.00. The van der Waals surface area contributed by atoms with Gasteiger partial charge in [0.15, 0.2) is 0 Å². The molecule has 0 spiro atoms. The third-order valence-corrected chi connectivity index (χ3v) is 2.60. The normalized spacial score (nSPS) is 13.0. The van der Waals surface area contributed by atoms with E-state index in [1.807, 2.05) is 13.0 Å². The molecule has 0 amide bonds. The SMILES string of the molecule is COC(=O)c1cccc(OC/C(C)=C\C(C)I)c1. The lowest BCUT2D eigenvalue weighted by atomic mass is 10.2. The molecule has 0 N–H and O–H groups in total. The van der Waals surface area contributed by atoms with E-state index in [-0.39, 0.29) is 5.97 Å². The van der Waals surface area contributed by atoms with E-state index in [2.05, 4.69) is 40.3 Å². The summed E-state index contributed by atoms with van der Waals surface area (Å²) in [5.74, 6) is 0.320. The summed E-state index contributed by atoms with van der Waals surface area (Å²) in [7, 11) is 1.37. The molecule has 18 heavy (non-hydrogen) atoms. The monoisotopic (exact) mass is 360 g/mol. The van der Waals surface area contributed by atoms with E-state index < -0.39 is 0 Å². The highest BCUT2D eigenvalue weighted by Gasteiger charge is 2.06. The maximum absolute atomic E-state index is 11.4. The van der Waals surface area contributed by atoms with Gasteiger partial charge in [-0.15, -0.1) is 0 Å². The number of hydrogen-bond acceptors (Lipinski definition) is 3. The van der Waals surface area contributed by atoms with Crippen LogP contribution < -0.4 is 4.74 Å². The van der Waals surface area contributed by atoms with Crippen molar-refractivity contribution < 1.29 is 14.3 Å². The average Bonchev–Trinajstić information content (AvgIpc) is 2.35. The van der Waals surface area contributed by atoms with Crippen LogP contribution in [-0.4, -0.2) is 23.6 Å². The van der Waals surface area contributed by atoms with Gasteiger partial charge < -0.3 is 9.47 Å². The van der Waals surface area contributed by atoms with Crippen molar-refractivity contribution in [2.45, 2.75) is 17.8 Å². The zero-order chi connectivity index (χ0) is 13.5. The van der Waals surface area contributed by atoms with Crippen LogP contribution in [0.25, 0.3) is 0 Å². The van der Waals surface area contributed by atoms with E-state index in [0.29, 0.717) is 21.8 Å². The molecule has 0 saturated carbocycles. The van der Waals surface area contributed by atoms with Gasteiger partial charge in [-0.3, -0.25) is 0 Å². The summed E-state index contributed by atoms with van der Waals surface area (Å²) in [6.45, 7) is 4.67. The predicted molar refractivity (Wildman–Crippen MR) is 80.5 cm³/mol. The third kappa shape index (κ3) is 5.08. The Balaban J connectivity index is 2.66. The Kier molecular flexibility index (Phi) is 6.18. The van der Waals surface area contributed by atoms with Crippen molar-refractivity contribution in [1.29, 1.82) is 0 Å². The number of halogens is 1. The van der Waals surface area contributed by atoms with Crippen LogP contribution in [-0.2, 0) is 4.74 Å². The Morgan fingerprint density at radius 1 is 1.50 bits per heavy atom. The summed E-state index contributed by atoms with van der Waals surface area (Å²) in [5, 5.41) is 0. The summed E-state index contributed by atoms with van der Waals surface area (Å²) < 4.78 is 10.8. The Labute approximate surface area is 121 Å². The Morgan fingerprint density at radius 3 is 2.83 bits per heavy atom. The number of benzene rings is 1. The topological polar surface area (TPSA) is 35.5 Å². The van der Waals surface area contributed by atoms with E-state index in [4.69, 9.17) is 4.74 Å². The average molecular weight is 360 g/mol. The van der Waals surface area contributed by atoms with Gasteiger partial charge in [0.2, 0.25) is 0 Å². The van der Waals surface area contributed by atoms with E-state index in [0.717, 1.165) is 0 Å². The van der Waals surface area contributed by atoms with Crippen molar-refractivity contribution in [2.75, 3.05) is 13.7 Å². The van der Waals surface area contributed by atoms with Crippen LogP contribution in [0, 0.1) is 0 Å². The van der Waals surface area contributed by atoms with Gasteiger partial charge in [0.1, 0.15) is 12.4 Å². The molecule has 1 atom stereocenters. The van der Waals surface area contributed by atoms with Gasteiger partial charge in [0, 0.05) is 3.92 Å². The molecular weight excluding hydrogens is 343 g/mol. The van der Waals surface area contributed by atoms with Gasteiger partial charge in [-0.1, -0.05) is 34.7 Å². The smallest absolute Gasteiger partial charge is 0.337 e. The van der Waals surface area contributed by atoms with Gasteiger partial charge in [0.25, 0.3) is 0 Å². The molecule has 1 rings (SSSR count). The fourth-order valence-electron chi connectivity index (χ4n) is 1.47. The maximum atomic E-state index is 11.4. The van der Waals surface area contributed by atoms with Crippen LogP contribution in [0.15, 0.2) is 35.9 Å². The number of rotatable bonds is 5. The third-order valence-electron chi connectivity index (χ3n) is 2.24. The first-order valence-corrected chi connectivity index (χ1v) is 6.90. The van der Waals surface area contributed by atoms with Crippen molar-refractivity contribution in [3.63, 3.8) is 0 Å². The molecule has 98 valence electrons. The first kappa shape index (κ1) is 15.0. The number of methoxy groups -OCH3 is 1. The van der Waals surface area contributed by atoms with Crippen LogP contribution in [0.2, 0.25) is 0 Å². The van der Waals surface area contributed by atoms with E-state index >= 15 is 0 Å². The second kappa shape index (κ2) is 7.41. The number of carbonyl (C=O) groups excluding carboxylic acids is 1. The summed E-state index contributed by atoms with van der Waals surface area (Å²) in [6, 6.07) is 7.00. The van der Waals surface area contributed by atoms with E-state index in [1.54, 1.807) is 18.2 Å². The minimum atomic E-state index is -0.353. The summed E-state index contributed by atoms with van der Waals surface area (Å²) in [6.07, 6.45) is 2.14. The van der Waals surface area contributed by atoms with Gasteiger partial charge in [-0.25, -0.2) is 4.79 Å². The maximum Gasteiger partial charge on any atom is 0.337 e. The highest BCUT2D eigenvalue weighted by molar-refractivity contribution is 14.1. The van der Waals surface area contributed by atoms with Crippen molar-refractivity contribution in [3.05, 3.63) is 41.5 Å². The molecule has 3 nitrogen and oxygen atoms in total. The minimum Gasteiger partial charge on any atom is -0.489 e. The van der Waals surface area contributed by atoms with Crippen LogP contribution in [0.3, 0.4) is 0 Å². The highest BCUT2D eigenvalue weighted by atomic mass is 127. The molecular formula is C14H17IO3. The Morgan fingerprint density at radius 2 is 2.22 bits per heavy atom. The molecule has 1 aromatic carbocycles. The summed E-state index contributed by atoms with van der Waals surface area (Å²) >= 11 is 2.34. The lowest BCUT2D eigenvalue weighted by molar-refractivity contribution is 0.0600. The van der Waals surface area contributed by atoms with Crippen molar-refractivity contribution >= 4 is 28.6 Å². The number of alkyl halides is 1. The van der Waals surface area contributed by atoms with Crippen LogP contribution in [0.4, 0.5) is 0 Å². The fraction of sp³-hybridized carbons (Fsp3) is 0.357. The molecule has 0 aliphatic carbocycles. The minimum absolute atomic E-state index is 0.353. The second-order valence-corrected chi connectivity index (χ2v) is 5.96. The van der Waals surface area contributed by atoms with Gasteiger partial charge in [-0.05, 0) is 37.6 Å². The highest BCUT2D eigenvalue weighted by Crippen LogP contribution is 2.15. The molecule has 4 heteroatoms. The zero-order valence-electron chi connectivity index (χ0n) is 10.8. The lowest BCUT2D eigenvalue weighted by Crippen LogP contribution is -2.03. The van der Waals surface area contributed by atoms with Crippen LogP contribution in [0.1, 0.15) is 24.2 Å². The number of carbonyl (C=O) groups is 1. The van der Waals surface area contributed by atoms with E-state index in [1.165, 1.54) is 12.7 Å². The quantitative estimate of drug-likeness (QED) is 0.348. The molecule has 0 heterocycles. The molecule has 0 aliphatic heterocycles. The molecule has 1 aromatic rings. The summed E-state index contributed by atoms with van der Waals surface area (Å²) in [4.78, 5) is 11.4. The van der Waals surface area contributed by atoms with E-state index in [9.17, 15) is 4.79 Å². The number of hydrogen-bond donors (Lipinski definition) is 0. The Hall–Kier alpha value is -1.04. The first-order valence-electron chi connectivity index (χ1n) is 5.65. The van der Waals surface area contributed by atoms with Gasteiger partial charge in [0.05, 0.1) is 12.7 Å². The van der Waals surface area contributed by atoms with Gasteiger partial charge in [-0.2, -0.15) is 0 Å². The largest absolute Gasteiger partial charge is 0.489 e. The standard InChI is InChI=1S/C14H17IO3/c1-10(7-11(2)15)9-18-13-6-4-5-12(8-13)14(16)17-3/h4-8,11H,9H2,1-3H3/b10-7-. The first-order chi connectivity index (χ1) is 8.52. The Bertz CT molecular complexity index is 438. The molecule has 0 saturated heterocycles. The molecule has 0 bridgehead atoms. The summed E-state index contributed by atoms with van der Waals surface area (Å²) in [5.41, 5.74) is 1.67. The van der Waals surface area contributed by atoms with Crippen molar-refractivity contribution in [2.24, 2.45) is 0 Å². The van der Waals surface area contributed by atoms with Gasteiger partial charge >= 0.3 is 5.97 Å². The zero-order valence-corrected chi connectivity index (χ0v) is 12.9. The molecule has 1 unspecified atom stereocenters. The van der Waals surface area contributed by atoms with Crippen molar-refractivity contribution in [3.8, 4) is 5.75 Å². The molecule has 0 fully saturated rings. The fourth-order valence-corrected chi connectivity index (χ4v) is 2.08. The molecule has 0 aliphatic rings. The number of allylic oxidation sites excluding steroid dienone is 1.